The molecule has 0 aromatic heterocycles. The van der Waals surface area contributed by atoms with Crippen LogP contribution in [-0.2, 0) is 28.6 Å². The zero-order chi connectivity index (χ0) is 20.6. The molecule has 0 unspecified atom stereocenters. The molecule has 1 N–H and O–H groups in total. The predicted molar refractivity (Wildman–Crippen MR) is 91.1 cm³/mol. The topological polar surface area (TPSA) is 132 Å². The van der Waals surface area contributed by atoms with Gasteiger partial charge in [-0.1, -0.05) is 6.92 Å². The van der Waals surface area contributed by atoms with E-state index in [9.17, 15) is 19.2 Å². The molecular formula is C18H20N2O7. The smallest absolute Gasteiger partial charge is 0.328 e. The minimum absolute atomic E-state index is 0.183. The molecule has 2 atom stereocenters. The highest BCUT2D eigenvalue weighted by atomic mass is 16.5. The lowest BCUT2D eigenvalue weighted by molar-refractivity contribution is -0.162. The first-order valence-corrected chi connectivity index (χ1v) is 7.85. The largest absolute Gasteiger partial charge is 0.468 e. The van der Waals surface area contributed by atoms with Gasteiger partial charge < -0.3 is 19.5 Å². The lowest BCUT2D eigenvalue weighted by Gasteiger charge is -2.27. The summed E-state index contributed by atoms with van der Waals surface area (Å²) < 4.78 is 13.9. The standard InChI is InChI=1S/C18H20N2O7/c1-10(13(16(22)25-2)17(23)26-3)14(18(24)27-4)20-15(21)12-7-5-11(9-19)6-8-12/h5-8,10,13-14H,1-4H3,(H,20,21)/t10-,14-/m0/s1. The van der Waals surface area contributed by atoms with Gasteiger partial charge in [-0.25, -0.2) is 4.79 Å². The van der Waals surface area contributed by atoms with Crippen molar-refractivity contribution in [1.82, 2.24) is 5.32 Å². The van der Waals surface area contributed by atoms with E-state index in [-0.39, 0.29) is 5.56 Å². The average Bonchev–Trinajstić information content (AvgIpc) is 2.70. The molecule has 0 saturated heterocycles. The molecule has 0 bridgehead atoms. The van der Waals surface area contributed by atoms with E-state index in [1.165, 1.54) is 31.2 Å². The second kappa shape index (κ2) is 9.91. The van der Waals surface area contributed by atoms with Gasteiger partial charge in [0.05, 0.1) is 33.0 Å². The van der Waals surface area contributed by atoms with Crippen molar-refractivity contribution in [1.29, 1.82) is 5.26 Å². The van der Waals surface area contributed by atoms with E-state index in [1.807, 2.05) is 6.07 Å². The highest BCUT2D eigenvalue weighted by Crippen LogP contribution is 2.21. The van der Waals surface area contributed by atoms with Crippen LogP contribution >= 0.6 is 0 Å². The Morgan fingerprint density at radius 2 is 1.41 bits per heavy atom. The number of nitrogens with one attached hydrogen (secondary N) is 1. The highest BCUT2D eigenvalue weighted by molar-refractivity contribution is 5.99. The first-order chi connectivity index (χ1) is 12.8. The number of benzene rings is 1. The molecule has 1 aromatic rings. The number of ether oxygens (including phenoxy) is 3. The third-order valence-corrected chi connectivity index (χ3v) is 3.98. The molecule has 27 heavy (non-hydrogen) atoms. The molecular weight excluding hydrogens is 356 g/mol. The average molecular weight is 376 g/mol. The summed E-state index contributed by atoms with van der Waals surface area (Å²) in [6, 6.07) is 6.30. The summed E-state index contributed by atoms with van der Waals surface area (Å²) in [5, 5.41) is 11.3. The number of carbonyl (C=O) groups excluding carboxylic acids is 4. The van der Waals surface area contributed by atoms with Gasteiger partial charge in [0.25, 0.3) is 5.91 Å². The summed E-state index contributed by atoms with van der Waals surface area (Å²) in [6.07, 6.45) is 0. The maximum atomic E-state index is 12.4. The molecule has 0 aliphatic rings. The van der Waals surface area contributed by atoms with Crippen molar-refractivity contribution in [2.75, 3.05) is 21.3 Å². The number of nitrogens with zero attached hydrogens (tertiary/aromatic N) is 1. The van der Waals surface area contributed by atoms with E-state index in [4.69, 9.17) is 5.26 Å². The van der Waals surface area contributed by atoms with Gasteiger partial charge in [0.1, 0.15) is 6.04 Å². The molecule has 1 rings (SSSR count). The number of nitriles is 1. The van der Waals surface area contributed by atoms with E-state index in [2.05, 4.69) is 19.5 Å². The Balaban J connectivity index is 3.14. The fraction of sp³-hybridized carbons (Fsp3) is 0.389. The Hall–Kier alpha value is -3.41. The number of esters is 3. The highest BCUT2D eigenvalue weighted by Gasteiger charge is 2.42. The van der Waals surface area contributed by atoms with Gasteiger partial charge in [-0.3, -0.25) is 14.4 Å². The van der Waals surface area contributed by atoms with Gasteiger partial charge in [-0.2, -0.15) is 5.26 Å². The molecule has 0 aliphatic heterocycles. The van der Waals surface area contributed by atoms with Crippen molar-refractivity contribution in [3.63, 3.8) is 0 Å². The molecule has 1 aromatic carbocycles. The van der Waals surface area contributed by atoms with Gasteiger partial charge in [0.15, 0.2) is 5.92 Å². The third kappa shape index (κ3) is 5.28. The van der Waals surface area contributed by atoms with Crippen molar-refractivity contribution >= 4 is 23.8 Å². The van der Waals surface area contributed by atoms with Crippen LogP contribution in [0.5, 0.6) is 0 Å². The second-order valence-electron chi connectivity index (χ2n) is 5.55. The van der Waals surface area contributed by atoms with Crippen LogP contribution in [0.15, 0.2) is 24.3 Å². The van der Waals surface area contributed by atoms with Gasteiger partial charge in [-0.15, -0.1) is 0 Å². The van der Waals surface area contributed by atoms with Crippen LogP contribution in [0.25, 0.3) is 0 Å². The first kappa shape index (κ1) is 21.6. The third-order valence-electron chi connectivity index (χ3n) is 3.98. The Kier molecular flexibility index (Phi) is 7.94. The van der Waals surface area contributed by atoms with Crippen LogP contribution in [0.3, 0.4) is 0 Å². The maximum Gasteiger partial charge on any atom is 0.328 e. The number of carbonyl (C=O) groups is 4. The minimum atomic E-state index is -1.44. The summed E-state index contributed by atoms with van der Waals surface area (Å²) >= 11 is 0. The van der Waals surface area contributed by atoms with E-state index in [0.29, 0.717) is 5.56 Å². The van der Waals surface area contributed by atoms with E-state index < -0.39 is 41.7 Å². The fourth-order valence-corrected chi connectivity index (χ4v) is 2.42. The van der Waals surface area contributed by atoms with E-state index >= 15 is 0 Å². The normalized spacial score (nSPS) is 12.3. The van der Waals surface area contributed by atoms with Gasteiger partial charge in [0.2, 0.25) is 0 Å². The zero-order valence-corrected chi connectivity index (χ0v) is 15.3. The van der Waals surface area contributed by atoms with Crippen LogP contribution in [0.2, 0.25) is 0 Å². The zero-order valence-electron chi connectivity index (χ0n) is 15.3. The molecule has 9 heteroatoms. The SMILES string of the molecule is COC(=O)C(C(=O)OC)[C@H](C)[C@H](NC(=O)c1ccc(C#N)cc1)C(=O)OC. The fourth-order valence-electron chi connectivity index (χ4n) is 2.42. The minimum Gasteiger partial charge on any atom is -0.468 e. The quantitative estimate of drug-likeness (QED) is 0.412. The van der Waals surface area contributed by atoms with Gasteiger partial charge in [-0.05, 0) is 24.3 Å². The summed E-state index contributed by atoms with van der Waals surface area (Å²) in [7, 11) is 3.29. The van der Waals surface area contributed by atoms with Crippen LogP contribution in [-0.4, -0.2) is 51.2 Å². The molecule has 0 fully saturated rings. The lowest BCUT2D eigenvalue weighted by Crippen LogP contribution is -2.51. The Bertz CT molecular complexity index is 736. The number of methoxy groups -OCH3 is 3. The van der Waals surface area contributed by atoms with Crippen molar-refractivity contribution in [2.24, 2.45) is 11.8 Å². The molecule has 0 aliphatic carbocycles. The van der Waals surface area contributed by atoms with Gasteiger partial charge in [0, 0.05) is 11.5 Å². The second-order valence-corrected chi connectivity index (χ2v) is 5.55. The monoisotopic (exact) mass is 376 g/mol. The number of hydrogen-bond donors (Lipinski definition) is 1. The summed E-state index contributed by atoms with van der Waals surface area (Å²) in [4.78, 5) is 48.6. The van der Waals surface area contributed by atoms with Crippen LogP contribution < -0.4 is 5.32 Å². The van der Waals surface area contributed by atoms with Crippen LogP contribution in [0.1, 0.15) is 22.8 Å². The molecule has 1 amide bonds. The van der Waals surface area contributed by atoms with Crippen LogP contribution in [0, 0.1) is 23.2 Å². The number of amides is 1. The predicted octanol–water partition coefficient (Wildman–Crippen LogP) is 0.428. The van der Waals surface area contributed by atoms with Gasteiger partial charge >= 0.3 is 17.9 Å². The molecule has 0 radical (unpaired) electrons. The lowest BCUT2D eigenvalue weighted by atomic mass is 9.87. The van der Waals surface area contributed by atoms with E-state index in [0.717, 1.165) is 21.3 Å². The summed E-state index contributed by atoms with van der Waals surface area (Å²) in [5.41, 5.74) is 0.545. The Labute approximate surface area is 156 Å². The maximum absolute atomic E-state index is 12.4. The Morgan fingerprint density at radius 1 is 0.926 bits per heavy atom. The van der Waals surface area contributed by atoms with Crippen molar-refractivity contribution in [2.45, 2.75) is 13.0 Å². The van der Waals surface area contributed by atoms with E-state index in [1.54, 1.807) is 0 Å². The van der Waals surface area contributed by atoms with Crippen molar-refractivity contribution < 1.29 is 33.4 Å². The van der Waals surface area contributed by atoms with Crippen LogP contribution in [0.4, 0.5) is 0 Å². The molecule has 144 valence electrons. The first-order valence-electron chi connectivity index (χ1n) is 7.85. The molecule has 0 spiro atoms. The Morgan fingerprint density at radius 3 is 1.81 bits per heavy atom. The molecule has 0 saturated carbocycles. The number of rotatable bonds is 7. The molecule has 9 nitrogen and oxygen atoms in total. The number of hydrogen-bond acceptors (Lipinski definition) is 8. The summed E-state index contributed by atoms with van der Waals surface area (Å²) in [6.45, 7) is 1.42. The summed E-state index contributed by atoms with van der Waals surface area (Å²) in [5.74, 6) is -5.76. The van der Waals surface area contributed by atoms with Crippen molar-refractivity contribution in [3.05, 3.63) is 35.4 Å². The van der Waals surface area contributed by atoms with Crippen molar-refractivity contribution in [3.8, 4) is 6.07 Å². The molecule has 0 heterocycles.